The van der Waals surface area contributed by atoms with Crippen molar-refractivity contribution in [3.05, 3.63) is 70.8 Å². The van der Waals surface area contributed by atoms with Gasteiger partial charge in [-0.05, 0) is 35.2 Å². The Morgan fingerprint density at radius 3 is 2.81 bits per heavy atom. The van der Waals surface area contributed by atoms with E-state index < -0.39 is 11.6 Å². The second-order valence-corrected chi connectivity index (χ2v) is 5.19. The summed E-state index contributed by atoms with van der Waals surface area (Å²) in [5.41, 5.74) is 3.25. The molecular formula is C17H17F2NO. The van der Waals surface area contributed by atoms with Crippen LogP contribution in [-0.2, 0) is 17.7 Å². The largest absolute Gasteiger partial charge is 0.372 e. The smallest absolute Gasteiger partial charge is 0.159 e. The first-order valence-corrected chi connectivity index (χ1v) is 7.08. The lowest BCUT2D eigenvalue weighted by Gasteiger charge is -2.26. The highest BCUT2D eigenvalue weighted by Crippen LogP contribution is 2.26. The van der Waals surface area contributed by atoms with Crippen molar-refractivity contribution in [2.75, 3.05) is 13.2 Å². The highest BCUT2D eigenvalue weighted by Gasteiger charge is 2.19. The molecule has 0 saturated heterocycles. The van der Waals surface area contributed by atoms with Crippen LogP contribution in [0, 0.1) is 11.6 Å². The van der Waals surface area contributed by atoms with Crippen LogP contribution in [-0.4, -0.2) is 13.2 Å². The van der Waals surface area contributed by atoms with Crippen molar-refractivity contribution < 1.29 is 13.5 Å². The van der Waals surface area contributed by atoms with Gasteiger partial charge in [-0.2, -0.15) is 0 Å². The van der Waals surface area contributed by atoms with Gasteiger partial charge in [-0.1, -0.05) is 30.3 Å². The maximum atomic E-state index is 13.1. The average molecular weight is 289 g/mol. The molecule has 110 valence electrons. The highest BCUT2D eigenvalue weighted by molar-refractivity contribution is 5.31. The zero-order chi connectivity index (χ0) is 14.7. The Kier molecular flexibility index (Phi) is 4.27. The molecule has 0 radical (unpaired) electrons. The lowest BCUT2D eigenvalue weighted by Crippen LogP contribution is -2.27. The van der Waals surface area contributed by atoms with Crippen molar-refractivity contribution in [1.82, 2.24) is 5.32 Å². The number of halogens is 2. The van der Waals surface area contributed by atoms with E-state index in [1.807, 2.05) is 12.1 Å². The van der Waals surface area contributed by atoms with Crippen LogP contribution in [0.4, 0.5) is 8.78 Å². The lowest BCUT2D eigenvalue weighted by atomic mass is 9.97. The molecule has 0 fully saturated rings. The van der Waals surface area contributed by atoms with Crippen molar-refractivity contribution in [2.24, 2.45) is 0 Å². The zero-order valence-electron chi connectivity index (χ0n) is 11.6. The Bertz CT molecular complexity index is 630. The zero-order valence-corrected chi connectivity index (χ0v) is 11.6. The Labute approximate surface area is 122 Å². The van der Waals surface area contributed by atoms with E-state index in [-0.39, 0.29) is 6.10 Å². The van der Waals surface area contributed by atoms with Gasteiger partial charge in [0.2, 0.25) is 0 Å². The molecule has 1 heterocycles. The number of ether oxygens (including phenoxy) is 1. The molecule has 21 heavy (non-hydrogen) atoms. The summed E-state index contributed by atoms with van der Waals surface area (Å²) in [7, 11) is 0. The van der Waals surface area contributed by atoms with Crippen molar-refractivity contribution in [2.45, 2.75) is 19.1 Å². The van der Waals surface area contributed by atoms with E-state index in [0.717, 1.165) is 18.1 Å². The summed E-state index contributed by atoms with van der Waals surface area (Å²) in [5.74, 6) is -1.63. The molecule has 0 aliphatic carbocycles. The van der Waals surface area contributed by atoms with Crippen molar-refractivity contribution in [1.29, 1.82) is 0 Å². The minimum atomic E-state index is -0.816. The first-order chi connectivity index (χ1) is 10.2. The average Bonchev–Trinajstić information content (AvgIpc) is 2.51. The molecular weight excluding hydrogens is 272 g/mol. The normalized spacial score (nSPS) is 17.5. The molecule has 0 amide bonds. The van der Waals surface area contributed by atoms with E-state index in [2.05, 4.69) is 17.4 Å². The molecule has 1 N–H and O–H groups in total. The fraction of sp³-hybridized carbons (Fsp3) is 0.294. The Balaban J connectivity index is 1.60. The lowest BCUT2D eigenvalue weighted by molar-refractivity contribution is 0.0423. The van der Waals surface area contributed by atoms with E-state index in [9.17, 15) is 8.78 Å². The van der Waals surface area contributed by atoms with Gasteiger partial charge >= 0.3 is 0 Å². The van der Waals surface area contributed by atoms with E-state index in [1.54, 1.807) is 6.07 Å². The summed E-state index contributed by atoms with van der Waals surface area (Å²) >= 11 is 0. The van der Waals surface area contributed by atoms with Gasteiger partial charge in [-0.25, -0.2) is 8.78 Å². The van der Waals surface area contributed by atoms with Gasteiger partial charge in [0.1, 0.15) is 0 Å². The Hall–Kier alpha value is -1.78. The fourth-order valence-corrected chi connectivity index (χ4v) is 2.64. The van der Waals surface area contributed by atoms with E-state index in [0.29, 0.717) is 19.7 Å². The number of hydrogen-bond donors (Lipinski definition) is 1. The summed E-state index contributed by atoms with van der Waals surface area (Å²) in [4.78, 5) is 0. The van der Waals surface area contributed by atoms with E-state index in [1.165, 1.54) is 17.2 Å². The summed E-state index contributed by atoms with van der Waals surface area (Å²) in [6.07, 6.45) is 0.954. The monoisotopic (exact) mass is 289 g/mol. The molecule has 1 unspecified atom stereocenters. The van der Waals surface area contributed by atoms with Crippen molar-refractivity contribution >= 4 is 0 Å². The number of fused-ring (bicyclic) bond motifs is 1. The van der Waals surface area contributed by atoms with E-state index in [4.69, 9.17) is 4.74 Å². The summed E-state index contributed by atoms with van der Waals surface area (Å²) in [6, 6.07) is 12.2. The van der Waals surface area contributed by atoms with Gasteiger partial charge in [-0.3, -0.25) is 0 Å². The van der Waals surface area contributed by atoms with Crippen molar-refractivity contribution in [3.63, 3.8) is 0 Å². The quantitative estimate of drug-likeness (QED) is 0.932. The van der Waals surface area contributed by atoms with Crippen LogP contribution >= 0.6 is 0 Å². The van der Waals surface area contributed by atoms with Crippen LogP contribution in [0.5, 0.6) is 0 Å². The molecule has 3 rings (SSSR count). The molecule has 0 aromatic heterocycles. The van der Waals surface area contributed by atoms with Gasteiger partial charge in [0, 0.05) is 13.1 Å². The molecule has 0 spiro atoms. The van der Waals surface area contributed by atoms with E-state index >= 15 is 0 Å². The van der Waals surface area contributed by atoms with Gasteiger partial charge < -0.3 is 10.1 Å². The maximum absolute atomic E-state index is 13.1. The molecule has 0 bridgehead atoms. The van der Waals surface area contributed by atoms with Gasteiger partial charge in [0.15, 0.2) is 11.6 Å². The number of benzene rings is 2. The molecule has 0 saturated carbocycles. The molecule has 2 nitrogen and oxygen atoms in total. The first-order valence-electron chi connectivity index (χ1n) is 7.08. The Morgan fingerprint density at radius 1 is 1.10 bits per heavy atom. The number of rotatable bonds is 4. The third-order valence-corrected chi connectivity index (χ3v) is 3.74. The first kappa shape index (κ1) is 14.2. The molecule has 1 atom stereocenters. The Morgan fingerprint density at radius 2 is 1.95 bits per heavy atom. The summed E-state index contributed by atoms with van der Waals surface area (Å²) in [5, 5.41) is 3.24. The predicted octanol–water partition coefficient (Wildman–Crippen LogP) is 3.37. The standard InChI is InChI=1S/C17H17F2NO/c18-15-6-5-12(9-16(15)19)10-20-11-17-14-4-2-1-3-13(14)7-8-21-17/h1-6,9,17,20H,7-8,10-11H2. The highest BCUT2D eigenvalue weighted by atomic mass is 19.2. The van der Waals surface area contributed by atoms with Crippen LogP contribution in [0.2, 0.25) is 0 Å². The van der Waals surface area contributed by atoms with Crippen LogP contribution in [0.15, 0.2) is 42.5 Å². The summed E-state index contributed by atoms with van der Waals surface area (Å²) < 4.78 is 31.8. The number of hydrogen-bond acceptors (Lipinski definition) is 2. The third-order valence-electron chi connectivity index (χ3n) is 3.74. The maximum Gasteiger partial charge on any atom is 0.159 e. The fourth-order valence-electron chi connectivity index (χ4n) is 2.64. The molecule has 1 aliphatic rings. The molecule has 4 heteroatoms. The van der Waals surface area contributed by atoms with Gasteiger partial charge in [0.05, 0.1) is 12.7 Å². The van der Waals surface area contributed by atoms with Crippen LogP contribution < -0.4 is 5.32 Å². The van der Waals surface area contributed by atoms with Crippen LogP contribution in [0.1, 0.15) is 22.8 Å². The second kappa shape index (κ2) is 6.33. The second-order valence-electron chi connectivity index (χ2n) is 5.19. The molecule has 2 aromatic rings. The number of nitrogens with one attached hydrogen (secondary N) is 1. The molecule has 1 aliphatic heterocycles. The topological polar surface area (TPSA) is 21.3 Å². The van der Waals surface area contributed by atoms with Crippen LogP contribution in [0.3, 0.4) is 0 Å². The minimum Gasteiger partial charge on any atom is -0.372 e. The summed E-state index contributed by atoms with van der Waals surface area (Å²) in [6.45, 7) is 1.85. The predicted molar refractivity (Wildman–Crippen MR) is 76.9 cm³/mol. The third kappa shape index (κ3) is 3.28. The SMILES string of the molecule is Fc1ccc(CNCC2OCCc3ccccc32)cc1F. The van der Waals surface area contributed by atoms with Gasteiger partial charge in [-0.15, -0.1) is 0 Å². The molecule has 2 aromatic carbocycles. The van der Waals surface area contributed by atoms with Crippen molar-refractivity contribution in [3.8, 4) is 0 Å². The van der Waals surface area contributed by atoms with Crippen LogP contribution in [0.25, 0.3) is 0 Å². The van der Waals surface area contributed by atoms with Gasteiger partial charge in [0.25, 0.3) is 0 Å². The minimum absolute atomic E-state index is 0.0141.